The molecule has 1 aromatic rings. The van der Waals surface area contributed by atoms with Crippen LogP contribution in [0, 0.1) is 0 Å². The highest BCUT2D eigenvalue weighted by Crippen LogP contribution is 2.36. The highest BCUT2D eigenvalue weighted by molar-refractivity contribution is 6.31. The standard InChI is InChI=1S/C17H24ClN/c1-2-19-12-6-7-14-10-11-16(17(18)13-14)15-8-4-3-5-9-15/h6-7,10-11,13,15,19H,2-5,8-9,12H2,1H3/b7-6+. The van der Waals surface area contributed by atoms with Gasteiger partial charge in [0.15, 0.2) is 0 Å². The summed E-state index contributed by atoms with van der Waals surface area (Å²) < 4.78 is 0. The Balaban J connectivity index is 2.01. The molecule has 1 saturated carbocycles. The molecular formula is C17H24ClN. The molecule has 0 spiro atoms. The van der Waals surface area contributed by atoms with Gasteiger partial charge in [0.25, 0.3) is 0 Å². The Morgan fingerprint density at radius 1 is 1.26 bits per heavy atom. The third kappa shape index (κ3) is 4.36. The van der Waals surface area contributed by atoms with Crippen LogP contribution in [0.2, 0.25) is 5.02 Å². The van der Waals surface area contributed by atoms with Crippen LogP contribution in [0.1, 0.15) is 56.1 Å². The molecule has 0 aliphatic heterocycles. The van der Waals surface area contributed by atoms with Crippen LogP contribution in [0.5, 0.6) is 0 Å². The van der Waals surface area contributed by atoms with Crippen molar-refractivity contribution >= 4 is 17.7 Å². The molecule has 1 aliphatic carbocycles. The van der Waals surface area contributed by atoms with Gasteiger partial charge in [0, 0.05) is 11.6 Å². The summed E-state index contributed by atoms with van der Waals surface area (Å²) in [5, 5.41) is 4.22. The lowest BCUT2D eigenvalue weighted by molar-refractivity contribution is 0.444. The predicted octanol–water partition coefficient (Wildman–Crippen LogP) is 5.01. The summed E-state index contributed by atoms with van der Waals surface area (Å²) >= 11 is 6.45. The molecule has 0 amide bonds. The Bertz CT molecular complexity index is 419. The Morgan fingerprint density at radius 3 is 2.74 bits per heavy atom. The Labute approximate surface area is 122 Å². The largest absolute Gasteiger partial charge is 0.314 e. The van der Waals surface area contributed by atoms with Crippen LogP contribution >= 0.6 is 11.6 Å². The van der Waals surface area contributed by atoms with Crippen molar-refractivity contribution in [2.75, 3.05) is 13.1 Å². The normalized spacial score (nSPS) is 17.2. The lowest BCUT2D eigenvalue weighted by Crippen LogP contribution is -2.11. The summed E-state index contributed by atoms with van der Waals surface area (Å²) in [4.78, 5) is 0. The third-order valence-electron chi connectivity index (χ3n) is 3.89. The number of hydrogen-bond donors (Lipinski definition) is 1. The SMILES string of the molecule is CCNC/C=C/c1ccc(C2CCCCC2)c(Cl)c1. The molecule has 1 aromatic carbocycles. The number of nitrogens with one attached hydrogen (secondary N) is 1. The molecule has 0 radical (unpaired) electrons. The zero-order chi connectivity index (χ0) is 13.5. The molecule has 0 unspecified atom stereocenters. The highest BCUT2D eigenvalue weighted by Gasteiger charge is 2.17. The van der Waals surface area contributed by atoms with E-state index in [9.17, 15) is 0 Å². The molecule has 2 heteroatoms. The molecule has 104 valence electrons. The van der Waals surface area contributed by atoms with E-state index in [0.717, 1.165) is 18.1 Å². The average Bonchev–Trinajstić information content (AvgIpc) is 2.45. The van der Waals surface area contributed by atoms with Gasteiger partial charge < -0.3 is 5.32 Å². The summed E-state index contributed by atoms with van der Waals surface area (Å²) in [6.07, 6.45) is 11.0. The molecule has 1 nitrogen and oxygen atoms in total. The molecule has 2 rings (SSSR count). The van der Waals surface area contributed by atoms with Gasteiger partial charge in [-0.05, 0) is 42.5 Å². The number of likely N-dealkylation sites (N-methyl/N-ethyl adjacent to an activating group) is 1. The van der Waals surface area contributed by atoms with Gasteiger partial charge in [0.2, 0.25) is 0 Å². The van der Waals surface area contributed by atoms with Crippen molar-refractivity contribution in [3.63, 3.8) is 0 Å². The monoisotopic (exact) mass is 277 g/mol. The van der Waals surface area contributed by atoms with Crippen molar-refractivity contribution in [3.8, 4) is 0 Å². The van der Waals surface area contributed by atoms with Gasteiger partial charge in [0.05, 0.1) is 0 Å². The zero-order valence-corrected chi connectivity index (χ0v) is 12.5. The summed E-state index contributed by atoms with van der Waals surface area (Å²) in [6, 6.07) is 6.53. The summed E-state index contributed by atoms with van der Waals surface area (Å²) in [7, 11) is 0. The van der Waals surface area contributed by atoms with E-state index in [2.05, 4.69) is 42.6 Å². The van der Waals surface area contributed by atoms with E-state index in [1.54, 1.807) is 0 Å². The quantitative estimate of drug-likeness (QED) is 0.746. The maximum atomic E-state index is 6.45. The van der Waals surface area contributed by atoms with Gasteiger partial charge in [-0.3, -0.25) is 0 Å². The Kier molecular flexibility index (Phi) is 5.93. The number of hydrogen-bond acceptors (Lipinski definition) is 1. The molecule has 0 bridgehead atoms. The van der Waals surface area contributed by atoms with E-state index in [1.807, 2.05) is 0 Å². The molecule has 1 N–H and O–H groups in total. The van der Waals surface area contributed by atoms with Crippen molar-refractivity contribution < 1.29 is 0 Å². The minimum atomic E-state index is 0.682. The first kappa shape index (κ1) is 14.6. The predicted molar refractivity (Wildman–Crippen MR) is 84.9 cm³/mol. The summed E-state index contributed by atoms with van der Waals surface area (Å²) in [5.74, 6) is 0.682. The van der Waals surface area contributed by atoms with Crippen LogP contribution in [0.25, 0.3) is 6.08 Å². The van der Waals surface area contributed by atoms with Gasteiger partial charge in [0.1, 0.15) is 0 Å². The molecule has 0 heterocycles. The highest BCUT2D eigenvalue weighted by atomic mass is 35.5. The Morgan fingerprint density at radius 2 is 2.05 bits per heavy atom. The zero-order valence-electron chi connectivity index (χ0n) is 11.8. The topological polar surface area (TPSA) is 12.0 Å². The molecule has 0 saturated heterocycles. The fourth-order valence-electron chi connectivity index (χ4n) is 2.81. The second kappa shape index (κ2) is 7.72. The lowest BCUT2D eigenvalue weighted by atomic mass is 9.84. The lowest BCUT2D eigenvalue weighted by Gasteiger charge is -2.23. The van der Waals surface area contributed by atoms with Crippen LogP contribution in [0.15, 0.2) is 24.3 Å². The van der Waals surface area contributed by atoms with Crippen molar-refractivity contribution in [2.24, 2.45) is 0 Å². The minimum Gasteiger partial charge on any atom is -0.314 e. The van der Waals surface area contributed by atoms with Crippen LogP contribution in [-0.4, -0.2) is 13.1 Å². The van der Waals surface area contributed by atoms with Crippen LogP contribution < -0.4 is 5.32 Å². The van der Waals surface area contributed by atoms with Crippen molar-refractivity contribution in [1.29, 1.82) is 0 Å². The first-order chi connectivity index (χ1) is 9.31. The van der Waals surface area contributed by atoms with Crippen LogP contribution in [0.4, 0.5) is 0 Å². The third-order valence-corrected chi connectivity index (χ3v) is 4.22. The fourth-order valence-corrected chi connectivity index (χ4v) is 3.16. The summed E-state index contributed by atoms with van der Waals surface area (Å²) in [5.41, 5.74) is 2.55. The van der Waals surface area contributed by atoms with Crippen molar-refractivity contribution in [3.05, 3.63) is 40.4 Å². The first-order valence-corrected chi connectivity index (χ1v) is 7.85. The van der Waals surface area contributed by atoms with E-state index < -0.39 is 0 Å². The molecule has 1 aliphatic rings. The average molecular weight is 278 g/mol. The molecule has 0 atom stereocenters. The van der Waals surface area contributed by atoms with Gasteiger partial charge in [-0.1, -0.05) is 62.1 Å². The van der Waals surface area contributed by atoms with E-state index in [1.165, 1.54) is 43.2 Å². The number of benzene rings is 1. The summed E-state index contributed by atoms with van der Waals surface area (Å²) in [6.45, 7) is 4.04. The fraction of sp³-hybridized carbons (Fsp3) is 0.529. The van der Waals surface area contributed by atoms with E-state index in [4.69, 9.17) is 11.6 Å². The smallest absolute Gasteiger partial charge is 0.0446 e. The second-order valence-electron chi connectivity index (χ2n) is 5.33. The first-order valence-electron chi connectivity index (χ1n) is 7.48. The Hall–Kier alpha value is -0.790. The van der Waals surface area contributed by atoms with Crippen molar-refractivity contribution in [1.82, 2.24) is 5.32 Å². The van der Waals surface area contributed by atoms with Crippen molar-refractivity contribution in [2.45, 2.75) is 44.9 Å². The minimum absolute atomic E-state index is 0.682. The van der Waals surface area contributed by atoms with E-state index in [-0.39, 0.29) is 0 Å². The van der Waals surface area contributed by atoms with E-state index >= 15 is 0 Å². The maximum absolute atomic E-state index is 6.45. The molecule has 19 heavy (non-hydrogen) atoms. The van der Waals surface area contributed by atoms with Gasteiger partial charge >= 0.3 is 0 Å². The molecule has 1 fully saturated rings. The number of halogens is 1. The van der Waals surface area contributed by atoms with Gasteiger partial charge in [-0.15, -0.1) is 0 Å². The number of rotatable bonds is 5. The maximum Gasteiger partial charge on any atom is 0.0446 e. The van der Waals surface area contributed by atoms with Crippen LogP contribution in [0.3, 0.4) is 0 Å². The van der Waals surface area contributed by atoms with Crippen LogP contribution in [-0.2, 0) is 0 Å². The van der Waals surface area contributed by atoms with Gasteiger partial charge in [-0.25, -0.2) is 0 Å². The van der Waals surface area contributed by atoms with Gasteiger partial charge in [-0.2, -0.15) is 0 Å². The second-order valence-corrected chi connectivity index (χ2v) is 5.73. The molecule has 0 aromatic heterocycles. The van der Waals surface area contributed by atoms with E-state index in [0.29, 0.717) is 5.92 Å². The molecular weight excluding hydrogens is 254 g/mol.